The quantitative estimate of drug-likeness (QED) is 0.0231. The van der Waals surface area contributed by atoms with Crippen LogP contribution in [0, 0.1) is 0 Å². The van der Waals surface area contributed by atoms with Gasteiger partial charge in [-0.1, -0.05) is 152 Å². The van der Waals surface area contributed by atoms with Crippen molar-refractivity contribution >= 4 is 25.7 Å². The Hall–Kier alpha value is -2.56. The van der Waals surface area contributed by atoms with Gasteiger partial charge in [0.1, 0.15) is 12.6 Å². The van der Waals surface area contributed by atoms with Crippen molar-refractivity contribution in [1.29, 1.82) is 0 Å². The molecule has 0 aliphatic rings. The summed E-state index contributed by atoms with van der Waals surface area (Å²) in [5.74, 6) is -2.41. The maximum atomic E-state index is 12.6. The van der Waals surface area contributed by atoms with Crippen molar-refractivity contribution in [2.75, 3.05) is 19.8 Å². The van der Waals surface area contributed by atoms with E-state index in [0.29, 0.717) is 12.8 Å². The zero-order valence-electron chi connectivity index (χ0n) is 36.4. The molecule has 0 bridgehead atoms. The lowest BCUT2D eigenvalue weighted by atomic mass is 10.1. The van der Waals surface area contributed by atoms with Crippen LogP contribution >= 0.6 is 7.82 Å². The number of phosphoric ester groups is 1. The number of ether oxygens (including phenoxy) is 2. The predicted octanol–water partition coefficient (Wildman–Crippen LogP) is 12.2. The summed E-state index contributed by atoms with van der Waals surface area (Å²) in [5, 5.41) is 8.89. The normalized spacial score (nSPS) is 14.1. The highest BCUT2D eigenvalue weighted by Gasteiger charge is 2.28. The van der Waals surface area contributed by atoms with Crippen LogP contribution in [-0.2, 0) is 37.5 Å². The highest BCUT2D eigenvalue weighted by atomic mass is 31.2. The molecule has 0 radical (unpaired) electrons. The highest BCUT2D eigenvalue weighted by Crippen LogP contribution is 2.43. The molecular formula is C46H82NO10P. The number of aliphatic carboxylic acids is 1. The summed E-state index contributed by atoms with van der Waals surface area (Å²) in [5.41, 5.74) is 5.34. The van der Waals surface area contributed by atoms with Gasteiger partial charge in [0.2, 0.25) is 0 Å². The molecule has 0 aromatic rings. The van der Waals surface area contributed by atoms with E-state index in [9.17, 15) is 23.8 Å². The largest absolute Gasteiger partial charge is 0.480 e. The van der Waals surface area contributed by atoms with Gasteiger partial charge in [-0.05, 0) is 77.0 Å². The third-order valence-corrected chi connectivity index (χ3v) is 10.5. The lowest BCUT2D eigenvalue weighted by Crippen LogP contribution is -2.34. The van der Waals surface area contributed by atoms with Crippen LogP contribution in [-0.4, -0.2) is 59.9 Å². The van der Waals surface area contributed by atoms with Gasteiger partial charge < -0.3 is 25.2 Å². The van der Waals surface area contributed by atoms with Gasteiger partial charge >= 0.3 is 25.7 Å². The average Bonchev–Trinajstić information content (AvgIpc) is 3.20. The van der Waals surface area contributed by atoms with Crippen LogP contribution in [0.3, 0.4) is 0 Å². The summed E-state index contributed by atoms with van der Waals surface area (Å²) < 4.78 is 32.7. The van der Waals surface area contributed by atoms with Crippen LogP contribution in [0.15, 0.2) is 48.6 Å². The summed E-state index contributed by atoms with van der Waals surface area (Å²) in [6.45, 7) is 2.75. The van der Waals surface area contributed by atoms with Gasteiger partial charge in [-0.3, -0.25) is 23.4 Å². The van der Waals surface area contributed by atoms with Crippen LogP contribution in [0.2, 0.25) is 0 Å². The summed E-state index contributed by atoms with van der Waals surface area (Å²) in [4.78, 5) is 46.0. The Balaban J connectivity index is 4.38. The van der Waals surface area contributed by atoms with Crippen molar-refractivity contribution in [1.82, 2.24) is 0 Å². The molecule has 0 saturated carbocycles. The van der Waals surface area contributed by atoms with E-state index in [1.807, 2.05) is 0 Å². The SMILES string of the molecule is CCCCC/C=C\C/C=C\C/C=C\CCCCCCCCC(=O)OC(COC(=O)CCCCCCC/C=C\CCCCCCCC)COP(=O)(O)OCC(N)C(=O)O. The van der Waals surface area contributed by atoms with Crippen molar-refractivity contribution in [3.63, 3.8) is 0 Å². The van der Waals surface area contributed by atoms with Crippen molar-refractivity contribution in [3.05, 3.63) is 48.6 Å². The molecule has 0 spiro atoms. The zero-order valence-corrected chi connectivity index (χ0v) is 37.3. The first-order chi connectivity index (χ1) is 28.1. The van der Waals surface area contributed by atoms with Crippen LogP contribution in [0.25, 0.3) is 0 Å². The first-order valence-electron chi connectivity index (χ1n) is 22.7. The topological polar surface area (TPSA) is 172 Å². The van der Waals surface area contributed by atoms with E-state index in [0.717, 1.165) is 89.9 Å². The molecule has 58 heavy (non-hydrogen) atoms. The van der Waals surface area contributed by atoms with Crippen LogP contribution < -0.4 is 5.73 Å². The molecule has 0 fully saturated rings. The Bertz CT molecular complexity index is 1170. The van der Waals surface area contributed by atoms with E-state index in [2.05, 4.69) is 67.0 Å². The molecule has 0 aliphatic heterocycles. The minimum absolute atomic E-state index is 0.144. The summed E-state index contributed by atoms with van der Waals surface area (Å²) in [6.07, 6.45) is 45.9. The Morgan fingerprint density at radius 3 is 1.41 bits per heavy atom. The van der Waals surface area contributed by atoms with E-state index in [1.54, 1.807) is 0 Å². The number of phosphoric acid groups is 1. The number of carbonyl (C=O) groups excluding carboxylic acids is 2. The Morgan fingerprint density at radius 1 is 0.534 bits per heavy atom. The summed E-state index contributed by atoms with van der Waals surface area (Å²) in [7, 11) is -4.72. The Morgan fingerprint density at radius 2 is 0.914 bits per heavy atom. The second kappa shape index (κ2) is 41.2. The smallest absolute Gasteiger partial charge is 0.472 e. The molecule has 0 aliphatic carbocycles. The molecule has 0 heterocycles. The molecule has 0 saturated heterocycles. The standard InChI is InChI=1S/C46H82NO10P/c1-3-5-7-9-11-13-15-17-19-20-21-22-24-26-28-30-32-34-36-38-45(49)57-42(40-55-58(52,53)56-41-43(47)46(50)51)39-54-44(48)37-35-33-31-29-27-25-23-18-16-14-12-10-8-6-4-2/h11,13,17-19,21-23,42-43H,3-10,12,14-16,20,24-41,47H2,1-2H3,(H,50,51)(H,52,53)/b13-11-,19-17-,22-21-,23-18-. The molecule has 11 nitrogen and oxygen atoms in total. The summed E-state index contributed by atoms with van der Waals surface area (Å²) in [6, 6.07) is -1.53. The number of carboxylic acids is 1. The van der Waals surface area contributed by atoms with Crippen LogP contribution in [0.5, 0.6) is 0 Å². The molecule has 0 aromatic heterocycles. The second-order valence-electron chi connectivity index (χ2n) is 15.2. The fraction of sp³-hybridized carbons (Fsp3) is 0.761. The number of carbonyl (C=O) groups is 3. The molecule has 336 valence electrons. The number of allylic oxidation sites excluding steroid dienone is 8. The number of carboxylic acid groups (broad SMARTS) is 1. The van der Waals surface area contributed by atoms with Gasteiger partial charge in [0.05, 0.1) is 13.2 Å². The monoisotopic (exact) mass is 840 g/mol. The Labute approximate surface area is 352 Å². The first kappa shape index (κ1) is 55.4. The van der Waals surface area contributed by atoms with Crippen LogP contribution in [0.4, 0.5) is 0 Å². The number of nitrogens with two attached hydrogens (primary N) is 1. The molecule has 3 atom stereocenters. The molecule has 0 amide bonds. The average molecular weight is 840 g/mol. The van der Waals surface area contributed by atoms with E-state index in [1.165, 1.54) is 64.2 Å². The molecular weight excluding hydrogens is 757 g/mol. The van der Waals surface area contributed by atoms with Crippen molar-refractivity contribution in [2.45, 2.75) is 206 Å². The Kier molecular flexibility index (Phi) is 39.4. The van der Waals surface area contributed by atoms with Crippen molar-refractivity contribution < 1.29 is 47.5 Å². The maximum Gasteiger partial charge on any atom is 0.472 e. The second-order valence-corrected chi connectivity index (χ2v) is 16.6. The van der Waals surface area contributed by atoms with E-state index < -0.39 is 51.1 Å². The van der Waals surface area contributed by atoms with E-state index >= 15 is 0 Å². The number of esters is 2. The number of hydrogen-bond donors (Lipinski definition) is 3. The van der Waals surface area contributed by atoms with Crippen molar-refractivity contribution in [2.24, 2.45) is 5.73 Å². The first-order valence-corrected chi connectivity index (χ1v) is 24.2. The minimum atomic E-state index is -4.72. The van der Waals surface area contributed by atoms with Gasteiger partial charge in [0.25, 0.3) is 0 Å². The third kappa shape index (κ3) is 40.2. The van der Waals surface area contributed by atoms with Gasteiger partial charge in [-0.25, -0.2) is 4.57 Å². The highest BCUT2D eigenvalue weighted by molar-refractivity contribution is 7.47. The van der Waals surface area contributed by atoms with Crippen molar-refractivity contribution in [3.8, 4) is 0 Å². The van der Waals surface area contributed by atoms with Gasteiger partial charge in [0, 0.05) is 12.8 Å². The third-order valence-electron chi connectivity index (χ3n) is 9.55. The lowest BCUT2D eigenvalue weighted by molar-refractivity contribution is -0.161. The fourth-order valence-electron chi connectivity index (χ4n) is 5.95. The predicted molar refractivity (Wildman–Crippen MR) is 235 cm³/mol. The number of unbranched alkanes of at least 4 members (excludes halogenated alkanes) is 20. The fourth-order valence-corrected chi connectivity index (χ4v) is 6.73. The maximum absolute atomic E-state index is 12.6. The molecule has 4 N–H and O–H groups in total. The molecule has 0 rings (SSSR count). The molecule has 0 aromatic carbocycles. The minimum Gasteiger partial charge on any atom is -0.480 e. The van der Waals surface area contributed by atoms with E-state index in [-0.39, 0.29) is 19.4 Å². The molecule has 3 unspecified atom stereocenters. The van der Waals surface area contributed by atoms with Gasteiger partial charge in [-0.2, -0.15) is 0 Å². The van der Waals surface area contributed by atoms with E-state index in [4.69, 9.17) is 24.8 Å². The zero-order chi connectivity index (χ0) is 42.8. The molecule has 12 heteroatoms. The van der Waals surface area contributed by atoms with Gasteiger partial charge in [-0.15, -0.1) is 0 Å². The number of hydrogen-bond acceptors (Lipinski definition) is 9. The number of rotatable bonds is 42. The van der Waals surface area contributed by atoms with Crippen LogP contribution in [0.1, 0.15) is 194 Å². The van der Waals surface area contributed by atoms with Gasteiger partial charge in [0.15, 0.2) is 6.10 Å². The summed E-state index contributed by atoms with van der Waals surface area (Å²) >= 11 is 0. The lowest BCUT2D eigenvalue weighted by Gasteiger charge is -2.20.